The summed E-state index contributed by atoms with van der Waals surface area (Å²) in [5, 5.41) is 0. The van der Waals surface area contributed by atoms with Crippen LogP contribution in [0.1, 0.15) is 73.1 Å². The Hall–Kier alpha value is -0.0400. The molecule has 0 atom stereocenters. The van der Waals surface area contributed by atoms with E-state index in [2.05, 4.69) is 34.6 Å². The standard InChI is InChI=1S/C19H34O/c1-6-18(4,5)12-20-19(13(2)3)16-8-14-7-15(10-16)11-17(19)9-14/h13-17H,6-12H2,1-5H3. The molecule has 0 aromatic carbocycles. The van der Waals surface area contributed by atoms with Gasteiger partial charge in [-0.2, -0.15) is 0 Å². The Morgan fingerprint density at radius 1 is 1.00 bits per heavy atom. The predicted octanol–water partition coefficient (Wildman–Crippen LogP) is 5.29. The van der Waals surface area contributed by atoms with Crippen molar-refractivity contribution in [3.63, 3.8) is 0 Å². The molecule has 0 amide bonds. The minimum atomic E-state index is 0.208. The van der Waals surface area contributed by atoms with Crippen molar-refractivity contribution in [3.8, 4) is 0 Å². The molecule has 1 heteroatoms. The van der Waals surface area contributed by atoms with Gasteiger partial charge in [0, 0.05) is 0 Å². The first-order valence-corrected chi connectivity index (χ1v) is 9.01. The zero-order chi connectivity index (χ0) is 14.5. The SMILES string of the molecule is CCC(C)(C)COC1(C(C)C)C2CC3CC(C2)CC1C3. The van der Waals surface area contributed by atoms with E-state index in [0.717, 1.165) is 30.3 Å². The van der Waals surface area contributed by atoms with Crippen molar-refractivity contribution < 1.29 is 4.74 Å². The molecule has 0 aromatic rings. The summed E-state index contributed by atoms with van der Waals surface area (Å²) in [6.45, 7) is 12.8. The molecule has 0 aliphatic heterocycles. The Morgan fingerprint density at radius 2 is 1.50 bits per heavy atom. The van der Waals surface area contributed by atoms with Crippen LogP contribution in [-0.4, -0.2) is 12.2 Å². The van der Waals surface area contributed by atoms with E-state index in [1.165, 1.54) is 38.5 Å². The fourth-order valence-electron chi connectivity index (χ4n) is 5.69. The average Bonchev–Trinajstić information content (AvgIpc) is 2.37. The van der Waals surface area contributed by atoms with Gasteiger partial charge in [-0.1, -0.05) is 34.6 Å². The van der Waals surface area contributed by atoms with Crippen LogP contribution in [0.4, 0.5) is 0 Å². The Morgan fingerprint density at radius 3 is 1.90 bits per heavy atom. The first-order valence-electron chi connectivity index (χ1n) is 9.01. The molecule has 0 saturated heterocycles. The van der Waals surface area contributed by atoms with Gasteiger partial charge in [-0.3, -0.25) is 0 Å². The van der Waals surface area contributed by atoms with Crippen LogP contribution in [0.15, 0.2) is 0 Å². The van der Waals surface area contributed by atoms with Crippen molar-refractivity contribution in [2.45, 2.75) is 78.7 Å². The lowest BCUT2D eigenvalue weighted by atomic mass is 9.47. The third kappa shape index (κ3) is 2.25. The lowest BCUT2D eigenvalue weighted by Gasteiger charge is -2.63. The average molecular weight is 278 g/mol. The molecule has 116 valence electrons. The summed E-state index contributed by atoms with van der Waals surface area (Å²) in [5.41, 5.74) is 0.538. The van der Waals surface area contributed by atoms with Gasteiger partial charge >= 0.3 is 0 Å². The van der Waals surface area contributed by atoms with E-state index in [1.807, 2.05) is 0 Å². The highest BCUT2D eigenvalue weighted by Gasteiger charge is 2.59. The predicted molar refractivity (Wildman–Crippen MR) is 84.6 cm³/mol. The van der Waals surface area contributed by atoms with Crippen LogP contribution in [0.5, 0.6) is 0 Å². The molecule has 4 aliphatic carbocycles. The summed E-state index contributed by atoms with van der Waals surface area (Å²) in [7, 11) is 0. The van der Waals surface area contributed by atoms with Gasteiger partial charge in [-0.05, 0) is 73.5 Å². The minimum absolute atomic E-state index is 0.208. The van der Waals surface area contributed by atoms with E-state index in [9.17, 15) is 0 Å². The van der Waals surface area contributed by atoms with E-state index in [0.29, 0.717) is 11.3 Å². The van der Waals surface area contributed by atoms with Crippen LogP contribution in [0.25, 0.3) is 0 Å². The second-order valence-corrected chi connectivity index (χ2v) is 9.12. The smallest absolute Gasteiger partial charge is 0.0761 e. The molecule has 0 N–H and O–H groups in total. The lowest BCUT2D eigenvalue weighted by molar-refractivity contribution is -0.236. The lowest BCUT2D eigenvalue weighted by Crippen LogP contribution is -2.62. The monoisotopic (exact) mass is 278 g/mol. The first-order chi connectivity index (χ1) is 9.37. The topological polar surface area (TPSA) is 9.23 Å². The third-order valence-electron chi connectivity index (χ3n) is 6.99. The summed E-state index contributed by atoms with van der Waals surface area (Å²) in [6, 6.07) is 0. The van der Waals surface area contributed by atoms with Gasteiger partial charge in [0.05, 0.1) is 12.2 Å². The molecule has 0 radical (unpaired) electrons. The van der Waals surface area contributed by atoms with E-state index < -0.39 is 0 Å². The van der Waals surface area contributed by atoms with Gasteiger partial charge in [0.2, 0.25) is 0 Å². The van der Waals surface area contributed by atoms with Crippen LogP contribution in [0.3, 0.4) is 0 Å². The Kier molecular flexibility index (Phi) is 3.72. The van der Waals surface area contributed by atoms with Crippen molar-refractivity contribution in [3.05, 3.63) is 0 Å². The second kappa shape index (κ2) is 5.00. The van der Waals surface area contributed by atoms with Gasteiger partial charge in [0.1, 0.15) is 0 Å². The number of ether oxygens (including phenoxy) is 1. The minimum Gasteiger partial charge on any atom is -0.374 e. The molecule has 4 aliphatic rings. The quantitative estimate of drug-likeness (QED) is 0.664. The number of hydrogen-bond donors (Lipinski definition) is 0. The van der Waals surface area contributed by atoms with E-state index in [4.69, 9.17) is 4.74 Å². The van der Waals surface area contributed by atoms with Crippen LogP contribution in [0, 0.1) is 35.0 Å². The molecule has 1 nitrogen and oxygen atoms in total. The molecule has 0 spiro atoms. The van der Waals surface area contributed by atoms with Gasteiger partial charge in [0.25, 0.3) is 0 Å². The largest absolute Gasteiger partial charge is 0.374 e. The maximum absolute atomic E-state index is 6.82. The van der Waals surface area contributed by atoms with Crippen LogP contribution in [0.2, 0.25) is 0 Å². The van der Waals surface area contributed by atoms with Crippen molar-refractivity contribution in [2.75, 3.05) is 6.61 Å². The molecule has 0 heterocycles. The Bertz CT molecular complexity index is 327. The third-order valence-corrected chi connectivity index (χ3v) is 6.99. The molecule has 0 aromatic heterocycles. The van der Waals surface area contributed by atoms with Gasteiger partial charge < -0.3 is 4.74 Å². The van der Waals surface area contributed by atoms with Crippen LogP contribution >= 0.6 is 0 Å². The number of hydrogen-bond acceptors (Lipinski definition) is 1. The zero-order valence-electron chi connectivity index (χ0n) is 14.2. The van der Waals surface area contributed by atoms with Crippen LogP contribution < -0.4 is 0 Å². The summed E-state index contributed by atoms with van der Waals surface area (Å²) >= 11 is 0. The van der Waals surface area contributed by atoms with E-state index >= 15 is 0 Å². The highest BCUT2D eigenvalue weighted by Crippen LogP contribution is 2.61. The van der Waals surface area contributed by atoms with E-state index in [-0.39, 0.29) is 5.60 Å². The molecule has 4 bridgehead atoms. The molecular weight excluding hydrogens is 244 g/mol. The van der Waals surface area contributed by atoms with E-state index in [1.54, 1.807) is 0 Å². The van der Waals surface area contributed by atoms with Crippen molar-refractivity contribution >= 4 is 0 Å². The fourth-order valence-corrected chi connectivity index (χ4v) is 5.69. The number of rotatable bonds is 5. The molecular formula is C19H34O. The maximum Gasteiger partial charge on any atom is 0.0761 e. The molecule has 4 fully saturated rings. The molecule has 4 saturated carbocycles. The molecule has 20 heavy (non-hydrogen) atoms. The second-order valence-electron chi connectivity index (χ2n) is 9.12. The highest BCUT2D eigenvalue weighted by molar-refractivity contribution is 5.09. The van der Waals surface area contributed by atoms with Crippen molar-refractivity contribution in [2.24, 2.45) is 35.0 Å². The normalized spacial score (nSPS) is 43.5. The summed E-state index contributed by atoms with van der Waals surface area (Å²) in [5.74, 6) is 4.45. The highest BCUT2D eigenvalue weighted by atomic mass is 16.5. The first kappa shape index (κ1) is 14.9. The maximum atomic E-state index is 6.82. The van der Waals surface area contributed by atoms with Crippen LogP contribution in [-0.2, 0) is 4.74 Å². The molecule has 0 unspecified atom stereocenters. The fraction of sp³-hybridized carbons (Fsp3) is 1.00. The summed E-state index contributed by atoms with van der Waals surface area (Å²) < 4.78 is 6.82. The Labute approximate surface area is 125 Å². The van der Waals surface area contributed by atoms with Crippen molar-refractivity contribution in [1.82, 2.24) is 0 Å². The van der Waals surface area contributed by atoms with Gasteiger partial charge in [-0.25, -0.2) is 0 Å². The van der Waals surface area contributed by atoms with Crippen molar-refractivity contribution in [1.29, 1.82) is 0 Å². The zero-order valence-corrected chi connectivity index (χ0v) is 14.2. The van der Waals surface area contributed by atoms with Gasteiger partial charge in [0.15, 0.2) is 0 Å². The Balaban J connectivity index is 1.81. The molecule has 4 rings (SSSR count). The van der Waals surface area contributed by atoms with Gasteiger partial charge in [-0.15, -0.1) is 0 Å². The summed E-state index contributed by atoms with van der Waals surface area (Å²) in [4.78, 5) is 0. The summed E-state index contributed by atoms with van der Waals surface area (Å²) in [6.07, 6.45) is 8.56.